The largest absolute Gasteiger partial charge is 0.382 e. The van der Waals surface area contributed by atoms with Crippen LogP contribution in [0.15, 0.2) is 30.5 Å². The summed E-state index contributed by atoms with van der Waals surface area (Å²) in [6.45, 7) is 6.55. The number of fused-ring (bicyclic) bond motifs is 2. The lowest BCUT2D eigenvalue weighted by Gasteiger charge is -2.44. The van der Waals surface area contributed by atoms with E-state index in [1.165, 1.54) is 22.1 Å². The van der Waals surface area contributed by atoms with E-state index in [1.54, 1.807) is 0 Å². The van der Waals surface area contributed by atoms with Gasteiger partial charge in [-0.2, -0.15) is 0 Å². The van der Waals surface area contributed by atoms with Crippen molar-refractivity contribution in [2.75, 3.05) is 33.1 Å². The Bertz CT molecular complexity index is 797. The van der Waals surface area contributed by atoms with Gasteiger partial charge in [-0.15, -0.1) is 0 Å². The van der Waals surface area contributed by atoms with E-state index < -0.39 is 5.60 Å². The minimum atomic E-state index is -0.991. The van der Waals surface area contributed by atoms with E-state index in [0.29, 0.717) is 33.1 Å². The predicted octanol–water partition coefficient (Wildman–Crippen LogP) is 2.55. The third-order valence-corrected chi connectivity index (χ3v) is 5.23. The summed E-state index contributed by atoms with van der Waals surface area (Å²) in [7, 11) is 0. The average molecular weight is 342 g/mol. The highest BCUT2D eigenvalue weighted by molar-refractivity contribution is 5.98. The lowest BCUT2D eigenvalue weighted by Crippen LogP contribution is -2.55. The maximum atomic E-state index is 11.2. The van der Waals surface area contributed by atoms with Crippen LogP contribution in [0.3, 0.4) is 0 Å². The number of ether oxygens (including phenoxy) is 2. The van der Waals surface area contributed by atoms with Crippen molar-refractivity contribution in [3.8, 4) is 0 Å². The lowest BCUT2D eigenvalue weighted by molar-refractivity contribution is -0.0682. The molecule has 1 aromatic heterocycles. The fourth-order valence-electron chi connectivity index (χ4n) is 4.16. The van der Waals surface area contributed by atoms with E-state index in [1.807, 2.05) is 19.9 Å². The van der Waals surface area contributed by atoms with E-state index in [-0.39, 0.29) is 6.04 Å². The molecule has 0 saturated heterocycles. The molecule has 5 heteroatoms. The number of aliphatic hydroxyl groups is 1. The van der Waals surface area contributed by atoms with Gasteiger partial charge in [0.25, 0.3) is 0 Å². The fraction of sp³-hybridized carbons (Fsp3) is 0.500. The van der Waals surface area contributed by atoms with Gasteiger partial charge in [0.05, 0.1) is 13.3 Å². The second-order valence-electron chi connectivity index (χ2n) is 6.97. The van der Waals surface area contributed by atoms with Crippen molar-refractivity contribution in [2.24, 2.45) is 0 Å². The maximum absolute atomic E-state index is 11.2. The van der Waals surface area contributed by atoms with Crippen LogP contribution in [-0.2, 0) is 15.9 Å². The van der Waals surface area contributed by atoms with E-state index in [0.717, 1.165) is 11.9 Å². The van der Waals surface area contributed by atoms with Gasteiger partial charge in [0.15, 0.2) is 0 Å². The molecule has 0 unspecified atom stereocenters. The van der Waals surface area contributed by atoms with E-state index in [4.69, 9.17) is 9.47 Å². The maximum Gasteiger partial charge on any atom is 0.119 e. The molecule has 2 aromatic rings. The molecule has 0 bridgehead atoms. The lowest BCUT2D eigenvalue weighted by atomic mass is 9.79. The first-order chi connectivity index (χ1) is 12.1. The Morgan fingerprint density at radius 3 is 2.92 bits per heavy atom. The summed E-state index contributed by atoms with van der Waals surface area (Å²) >= 11 is 0. The smallest absolute Gasteiger partial charge is 0.119 e. The summed E-state index contributed by atoms with van der Waals surface area (Å²) in [6, 6.07) is 6.56. The summed E-state index contributed by atoms with van der Waals surface area (Å²) in [6.07, 6.45) is 5.08. The molecule has 1 aliphatic carbocycles. The molecule has 25 heavy (non-hydrogen) atoms. The molecule has 2 heterocycles. The summed E-state index contributed by atoms with van der Waals surface area (Å²) < 4.78 is 11.3. The van der Waals surface area contributed by atoms with Gasteiger partial charge < -0.3 is 19.6 Å². The number of nitrogens with one attached hydrogen (secondary N) is 1. The van der Waals surface area contributed by atoms with Crippen LogP contribution in [0.2, 0.25) is 0 Å². The first-order valence-corrected chi connectivity index (χ1v) is 9.09. The van der Waals surface area contributed by atoms with Crippen LogP contribution in [0.4, 0.5) is 0 Å². The number of H-pyrrole nitrogens is 1. The first kappa shape index (κ1) is 16.8. The Morgan fingerprint density at radius 2 is 2.12 bits per heavy atom. The summed E-state index contributed by atoms with van der Waals surface area (Å²) in [5.41, 5.74) is 3.90. The monoisotopic (exact) mass is 342 g/mol. The zero-order valence-electron chi connectivity index (χ0n) is 14.9. The van der Waals surface area contributed by atoms with Crippen LogP contribution >= 0.6 is 0 Å². The van der Waals surface area contributed by atoms with Crippen molar-refractivity contribution >= 4 is 16.5 Å². The number of hydrogen-bond donors (Lipinski definition) is 2. The quantitative estimate of drug-likeness (QED) is 0.847. The highest BCUT2D eigenvalue weighted by Crippen LogP contribution is 2.42. The zero-order valence-corrected chi connectivity index (χ0v) is 14.9. The minimum absolute atomic E-state index is 0.224. The van der Waals surface area contributed by atoms with Crippen LogP contribution in [0.5, 0.6) is 0 Å². The number of aromatic nitrogens is 1. The van der Waals surface area contributed by atoms with E-state index in [2.05, 4.69) is 34.3 Å². The zero-order chi connectivity index (χ0) is 17.4. The van der Waals surface area contributed by atoms with Crippen molar-refractivity contribution in [2.45, 2.75) is 31.9 Å². The van der Waals surface area contributed by atoms with E-state index in [9.17, 15) is 5.11 Å². The topological polar surface area (TPSA) is 57.7 Å². The molecule has 0 saturated carbocycles. The van der Waals surface area contributed by atoms with Gasteiger partial charge in [0, 0.05) is 42.9 Å². The number of nitrogens with zero attached hydrogens (tertiary/aromatic N) is 1. The van der Waals surface area contributed by atoms with Gasteiger partial charge in [-0.3, -0.25) is 4.90 Å². The molecule has 1 aromatic carbocycles. The standard InChI is InChI=1S/C20H26N2O3/c1-3-24-12-20(23)9-16-15-6-5-7-17-19(15)14(10-21-17)8-18(16)22(11-20)13-25-4-2/h5-7,9-10,18,21,23H,3-4,8,11-13H2,1-2H3/t18-,20+/m1/s1. The Hall–Kier alpha value is -1.66. The van der Waals surface area contributed by atoms with Gasteiger partial charge in [0.1, 0.15) is 5.60 Å². The third-order valence-electron chi connectivity index (χ3n) is 5.23. The summed E-state index contributed by atoms with van der Waals surface area (Å²) in [5, 5.41) is 12.4. The van der Waals surface area contributed by atoms with Gasteiger partial charge >= 0.3 is 0 Å². The molecule has 2 atom stereocenters. The summed E-state index contributed by atoms with van der Waals surface area (Å²) in [4.78, 5) is 5.62. The molecule has 4 rings (SSSR count). The Balaban J connectivity index is 1.79. The molecule has 2 aliphatic rings. The molecular weight excluding hydrogens is 316 g/mol. The van der Waals surface area contributed by atoms with Crippen molar-refractivity contribution < 1.29 is 14.6 Å². The molecule has 2 N–H and O–H groups in total. The molecule has 5 nitrogen and oxygen atoms in total. The fourth-order valence-corrected chi connectivity index (χ4v) is 4.16. The number of benzene rings is 1. The molecule has 0 amide bonds. The number of aromatic amines is 1. The van der Waals surface area contributed by atoms with Gasteiger partial charge in [-0.1, -0.05) is 12.1 Å². The molecule has 1 aliphatic heterocycles. The second kappa shape index (κ2) is 6.57. The van der Waals surface area contributed by atoms with Crippen molar-refractivity contribution in [1.82, 2.24) is 9.88 Å². The van der Waals surface area contributed by atoms with Crippen LogP contribution in [0.1, 0.15) is 25.0 Å². The molecular formula is C20H26N2O3. The number of hydrogen-bond acceptors (Lipinski definition) is 4. The SMILES string of the molecule is CCOCN1C[C@](O)(COCC)C=C2c3cccc4[nH]cc(c34)C[C@H]21. The minimum Gasteiger partial charge on any atom is -0.382 e. The van der Waals surface area contributed by atoms with Gasteiger partial charge in [-0.25, -0.2) is 0 Å². The molecule has 134 valence electrons. The van der Waals surface area contributed by atoms with Crippen LogP contribution in [0.25, 0.3) is 16.5 Å². The highest BCUT2D eigenvalue weighted by atomic mass is 16.5. The highest BCUT2D eigenvalue weighted by Gasteiger charge is 2.41. The average Bonchev–Trinajstić information content (AvgIpc) is 3.03. The van der Waals surface area contributed by atoms with Gasteiger partial charge in [-0.05, 0) is 49.1 Å². The normalized spacial score (nSPS) is 25.9. The summed E-state index contributed by atoms with van der Waals surface area (Å²) in [5.74, 6) is 0. The van der Waals surface area contributed by atoms with E-state index >= 15 is 0 Å². The Labute approximate surface area is 148 Å². The van der Waals surface area contributed by atoms with Crippen molar-refractivity contribution in [3.05, 3.63) is 41.6 Å². The van der Waals surface area contributed by atoms with Crippen molar-refractivity contribution in [1.29, 1.82) is 0 Å². The van der Waals surface area contributed by atoms with Gasteiger partial charge in [0.2, 0.25) is 0 Å². The second-order valence-corrected chi connectivity index (χ2v) is 6.97. The van der Waals surface area contributed by atoms with Crippen LogP contribution in [-0.4, -0.2) is 59.7 Å². The predicted molar refractivity (Wildman–Crippen MR) is 98.4 cm³/mol. The van der Waals surface area contributed by atoms with Crippen molar-refractivity contribution in [3.63, 3.8) is 0 Å². The third kappa shape index (κ3) is 2.91. The number of rotatable bonds is 6. The molecule has 0 fully saturated rings. The Kier molecular flexibility index (Phi) is 4.41. The molecule has 0 spiro atoms. The first-order valence-electron chi connectivity index (χ1n) is 9.09. The number of β-amino-alcohol motifs (C(OH)–C–C–N with tert-alkyl or cyclic N) is 1. The van der Waals surface area contributed by atoms with Crippen LogP contribution in [0, 0.1) is 0 Å². The molecule has 0 radical (unpaired) electrons. The van der Waals surface area contributed by atoms with Crippen LogP contribution < -0.4 is 0 Å². The Morgan fingerprint density at radius 1 is 1.28 bits per heavy atom.